The Labute approximate surface area is 141 Å². The largest absolute Gasteiger partial charge is 0.478 e. The number of aromatic carboxylic acids is 1. The van der Waals surface area contributed by atoms with E-state index in [1.165, 1.54) is 30.0 Å². The number of benzene rings is 2. The highest BCUT2D eigenvalue weighted by Gasteiger charge is 2.12. The first-order chi connectivity index (χ1) is 11.5. The van der Waals surface area contributed by atoms with E-state index in [0.29, 0.717) is 28.7 Å². The molecule has 0 amide bonds. The molecular weight excluding hydrogens is 328 g/mol. The molecular formula is C18H16O5S. The Morgan fingerprint density at radius 1 is 1.17 bits per heavy atom. The predicted molar refractivity (Wildman–Crippen MR) is 94.0 cm³/mol. The van der Waals surface area contributed by atoms with Gasteiger partial charge in [-0.25, -0.2) is 4.79 Å². The van der Waals surface area contributed by atoms with E-state index in [2.05, 4.69) is 0 Å². The van der Waals surface area contributed by atoms with Gasteiger partial charge in [-0.1, -0.05) is 6.92 Å². The fourth-order valence-corrected chi connectivity index (χ4v) is 3.35. The van der Waals surface area contributed by atoms with Crippen molar-refractivity contribution in [2.24, 2.45) is 0 Å². The van der Waals surface area contributed by atoms with Crippen molar-refractivity contribution in [1.29, 1.82) is 0 Å². The summed E-state index contributed by atoms with van der Waals surface area (Å²) in [6, 6.07) is 9.54. The predicted octanol–water partition coefficient (Wildman–Crippen LogP) is 3.51. The molecule has 1 atom stereocenters. The molecule has 0 radical (unpaired) electrons. The molecule has 2 N–H and O–H groups in total. The van der Waals surface area contributed by atoms with E-state index in [9.17, 15) is 14.7 Å². The Morgan fingerprint density at radius 3 is 2.50 bits per heavy atom. The Bertz CT molecular complexity index is 976. The lowest BCUT2D eigenvalue weighted by Crippen LogP contribution is -2.07. The summed E-state index contributed by atoms with van der Waals surface area (Å²) in [6.07, 6.45) is 0.280. The van der Waals surface area contributed by atoms with Crippen molar-refractivity contribution in [3.8, 4) is 0 Å². The van der Waals surface area contributed by atoms with Gasteiger partial charge in [0.05, 0.1) is 22.4 Å². The molecule has 3 rings (SSSR count). The van der Waals surface area contributed by atoms with Crippen molar-refractivity contribution < 1.29 is 19.4 Å². The summed E-state index contributed by atoms with van der Waals surface area (Å²) in [5.74, 6) is -0.543. The van der Waals surface area contributed by atoms with Crippen molar-refractivity contribution in [1.82, 2.24) is 0 Å². The van der Waals surface area contributed by atoms with Gasteiger partial charge in [0.15, 0.2) is 0 Å². The summed E-state index contributed by atoms with van der Waals surface area (Å²) in [5.41, 5.74) is 0.605. The molecule has 0 aliphatic carbocycles. The number of thioether (sulfide) groups is 1. The minimum Gasteiger partial charge on any atom is -0.478 e. The van der Waals surface area contributed by atoms with Gasteiger partial charge in [0.2, 0.25) is 5.43 Å². The molecule has 0 bridgehead atoms. The second-order valence-corrected chi connectivity index (χ2v) is 6.57. The molecule has 3 aromatic rings. The standard InChI is InChI=1S/C18H16O5S/c1-2-11(19)9-24-12-4-6-16-14(8-12)17(20)13-7-10(18(21)22)3-5-15(13)23-16/h3-8,11,19H,2,9H2,1H3,(H,21,22). The molecule has 5 nitrogen and oxygen atoms in total. The minimum atomic E-state index is -1.09. The zero-order valence-electron chi connectivity index (χ0n) is 13.0. The van der Waals surface area contributed by atoms with E-state index in [4.69, 9.17) is 9.52 Å². The summed E-state index contributed by atoms with van der Waals surface area (Å²) in [5, 5.41) is 19.4. The third-order valence-electron chi connectivity index (χ3n) is 3.80. The third-order valence-corrected chi connectivity index (χ3v) is 4.94. The Morgan fingerprint density at radius 2 is 1.83 bits per heavy atom. The second-order valence-electron chi connectivity index (χ2n) is 5.48. The van der Waals surface area contributed by atoms with E-state index in [1.54, 1.807) is 12.1 Å². The van der Waals surface area contributed by atoms with Gasteiger partial charge in [0.25, 0.3) is 0 Å². The molecule has 0 aliphatic heterocycles. The molecule has 0 aliphatic rings. The summed E-state index contributed by atoms with van der Waals surface area (Å²) in [4.78, 5) is 24.6. The number of aliphatic hydroxyl groups is 1. The third kappa shape index (κ3) is 3.16. The first kappa shape index (κ1) is 16.5. The number of hydrogen-bond acceptors (Lipinski definition) is 5. The van der Waals surface area contributed by atoms with Gasteiger partial charge in [0, 0.05) is 10.6 Å². The number of aliphatic hydroxyl groups excluding tert-OH is 1. The van der Waals surface area contributed by atoms with Gasteiger partial charge in [-0.05, 0) is 42.8 Å². The Kier molecular flexibility index (Phi) is 4.59. The van der Waals surface area contributed by atoms with Crippen LogP contribution in [-0.2, 0) is 0 Å². The molecule has 124 valence electrons. The van der Waals surface area contributed by atoms with Gasteiger partial charge >= 0.3 is 5.97 Å². The number of rotatable bonds is 5. The molecule has 1 aromatic heterocycles. The van der Waals surface area contributed by atoms with E-state index in [0.717, 1.165) is 4.90 Å². The van der Waals surface area contributed by atoms with Crippen molar-refractivity contribution in [2.45, 2.75) is 24.3 Å². The zero-order valence-corrected chi connectivity index (χ0v) is 13.8. The van der Waals surface area contributed by atoms with Crippen LogP contribution in [0.3, 0.4) is 0 Å². The van der Waals surface area contributed by atoms with Crippen LogP contribution in [0.25, 0.3) is 21.9 Å². The van der Waals surface area contributed by atoms with Crippen molar-refractivity contribution in [3.05, 3.63) is 52.2 Å². The highest BCUT2D eigenvalue weighted by atomic mass is 32.2. The van der Waals surface area contributed by atoms with Crippen LogP contribution < -0.4 is 5.43 Å². The monoisotopic (exact) mass is 344 g/mol. The number of hydrogen-bond donors (Lipinski definition) is 2. The summed E-state index contributed by atoms with van der Waals surface area (Å²) < 4.78 is 5.71. The SMILES string of the molecule is CCC(O)CSc1ccc2oc3ccc(C(=O)O)cc3c(=O)c2c1. The molecule has 0 spiro atoms. The van der Waals surface area contributed by atoms with Gasteiger partial charge in [-0.3, -0.25) is 4.79 Å². The molecule has 0 saturated carbocycles. The quantitative estimate of drug-likeness (QED) is 0.544. The van der Waals surface area contributed by atoms with Gasteiger partial charge in [-0.2, -0.15) is 0 Å². The second kappa shape index (κ2) is 6.67. The number of carbonyl (C=O) groups is 1. The van der Waals surface area contributed by atoms with Crippen molar-refractivity contribution in [2.75, 3.05) is 5.75 Å². The number of fused-ring (bicyclic) bond motifs is 2. The van der Waals surface area contributed by atoms with Gasteiger partial charge in [-0.15, -0.1) is 11.8 Å². The number of carboxylic acid groups (broad SMARTS) is 1. The summed E-state index contributed by atoms with van der Waals surface area (Å²) in [6.45, 7) is 1.91. The molecule has 1 unspecified atom stereocenters. The average molecular weight is 344 g/mol. The van der Waals surface area contributed by atoms with E-state index in [1.807, 2.05) is 13.0 Å². The van der Waals surface area contributed by atoms with E-state index in [-0.39, 0.29) is 16.4 Å². The molecule has 0 saturated heterocycles. The fraction of sp³-hybridized carbons (Fsp3) is 0.222. The van der Waals surface area contributed by atoms with Crippen LogP contribution >= 0.6 is 11.8 Å². The van der Waals surface area contributed by atoms with Crippen LogP contribution in [0.15, 0.2) is 50.5 Å². The molecule has 6 heteroatoms. The molecule has 0 fully saturated rings. The van der Waals surface area contributed by atoms with Crippen molar-refractivity contribution >= 4 is 39.7 Å². The van der Waals surface area contributed by atoms with E-state index >= 15 is 0 Å². The smallest absolute Gasteiger partial charge is 0.335 e. The van der Waals surface area contributed by atoms with Crippen LogP contribution in [0.5, 0.6) is 0 Å². The van der Waals surface area contributed by atoms with E-state index < -0.39 is 12.1 Å². The maximum absolute atomic E-state index is 12.7. The maximum Gasteiger partial charge on any atom is 0.335 e. The van der Waals surface area contributed by atoms with Gasteiger partial charge in [0.1, 0.15) is 11.2 Å². The normalized spacial score (nSPS) is 12.6. The summed E-state index contributed by atoms with van der Waals surface area (Å²) in [7, 11) is 0. The first-order valence-corrected chi connectivity index (χ1v) is 8.53. The number of carboxylic acids is 1. The average Bonchev–Trinajstić information content (AvgIpc) is 2.59. The Hall–Kier alpha value is -2.31. The highest BCUT2D eigenvalue weighted by molar-refractivity contribution is 7.99. The maximum atomic E-state index is 12.7. The van der Waals surface area contributed by atoms with Crippen LogP contribution in [0, 0.1) is 0 Å². The fourth-order valence-electron chi connectivity index (χ4n) is 2.37. The molecule has 2 aromatic carbocycles. The van der Waals surface area contributed by atoms with Crippen LogP contribution in [-0.4, -0.2) is 28.0 Å². The minimum absolute atomic E-state index is 0.0470. The molecule has 1 heterocycles. The Balaban J connectivity index is 2.10. The lowest BCUT2D eigenvalue weighted by atomic mass is 10.1. The molecule has 24 heavy (non-hydrogen) atoms. The van der Waals surface area contributed by atoms with Gasteiger partial charge < -0.3 is 14.6 Å². The van der Waals surface area contributed by atoms with Crippen LogP contribution in [0.4, 0.5) is 0 Å². The zero-order chi connectivity index (χ0) is 17.3. The highest BCUT2D eigenvalue weighted by Crippen LogP contribution is 2.26. The lowest BCUT2D eigenvalue weighted by molar-refractivity contribution is 0.0697. The van der Waals surface area contributed by atoms with Crippen LogP contribution in [0.1, 0.15) is 23.7 Å². The van der Waals surface area contributed by atoms with Crippen molar-refractivity contribution in [3.63, 3.8) is 0 Å². The van der Waals surface area contributed by atoms with Crippen LogP contribution in [0.2, 0.25) is 0 Å². The first-order valence-electron chi connectivity index (χ1n) is 7.54. The summed E-state index contributed by atoms with van der Waals surface area (Å²) >= 11 is 1.47. The topological polar surface area (TPSA) is 87.7 Å². The lowest BCUT2D eigenvalue weighted by Gasteiger charge is -2.08.